The van der Waals surface area contributed by atoms with Crippen LogP contribution in [0.3, 0.4) is 0 Å². The van der Waals surface area contributed by atoms with Gasteiger partial charge in [-0.2, -0.15) is 0 Å². The maximum Gasteiger partial charge on any atom is 0.133 e. The Morgan fingerprint density at radius 3 is 2.47 bits per heavy atom. The highest BCUT2D eigenvalue weighted by molar-refractivity contribution is 5.60. The summed E-state index contributed by atoms with van der Waals surface area (Å²) in [5.41, 5.74) is 3.24. The molecule has 0 radical (unpaired) electrons. The van der Waals surface area contributed by atoms with Gasteiger partial charge in [0, 0.05) is 18.4 Å². The van der Waals surface area contributed by atoms with Crippen molar-refractivity contribution in [2.45, 2.75) is 26.9 Å². The molecule has 1 aromatic carbocycles. The lowest BCUT2D eigenvalue weighted by atomic mass is 10.1. The maximum absolute atomic E-state index is 9.66. The summed E-state index contributed by atoms with van der Waals surface area (Å²) in [6.07, 6.45) is 1.27. The third-order valence-corrected chi connectivity index (χ3v) is 3.19. The van der Waals surface area contributed by atoms with Crippen molar-refractivity contribution in [1.29, 1.82) is 0 Å². The number of rotatable bonds is 4. The van der Waals surface area contributed by atoms with Crippen LogP contribution in [0.2, 0.25) is 0 Å². The molecule has 0 bridgehead atoms. The molecule has 0 amide bonds. The van der Waals surface area contributed by atoms with Crippen molar-refractivity contribution in [1.82, 2.24) is 4.98 Å². The molecule has 100 valence electrons. The van der Waals surface area contributed by atoms with Crippen molar-refractivity contribution in [2.24, 2.45) is 0 Å². The van der Waals surface area contributed by atoms with Crippen LogP contribution in [0.4, 0.5) is 11.5 Å². The number of hydrogen-bond donors (Lipinski definition) is 1. The summed E-state index contributed by atoms with van der Waals surface area (Å²) in [6, 6.07) is 12.2. The number of aliphatic hydroxyl groups excluding tert-OH is 1. The Morgan fingerprint density at radius 2 is 1.89 bits per heavy atom. The van der Waals surface area contributed by atoms with Gasteiger partial charge in [-0.3, -0.25) is 0 Å². The number of pyridine rings is 1. The van der Waals surface area contributed by atoms with E-state index in [1.807, 2.05) is 12.1 Å². The van der Waals surface area contributed by atoms with Gasteiger partial charge in [0.25, 0.3) is 0 Å². The molecule has 0 aliphatic heterocycles. The quantitative estimate of drug-likeness (QED) is 0.908. The lowest BCUT2D eigenvalue weighted by Crippen LogP contribution is -2.17. The fourth-order valence-electron chi connectivity index (χ4n) is 2.04. The van der Waals surface area contributed by atoms with Crippen LogP contribution in [0.15, 0.2) is 42.6 Å². The van der Waals surface area contributed by atoms with Crippen molar-refractivity contribution < 1.29 is 5.11 Å². The van der Waals surface area contributed by atoms with E-state index in [1.165, 1.54) is 5.56 Å². The number of benzene rings is 1. The van der Waals surface area contributed by atoms with Crippen LogP contribution in [0.25, 0.3) is 0 Å². The molecule has 3 nitrogen and oxygen atoms in total. The van der Waals surface area contributed by atoms with Gasteiger partial charge in [0.1, 0.15) is 5.82 Å². The van der Waals surface area contributed by atoms with Crippen molar-refractivity contribution in [3.63, 3.8) is 0 Å². The third-order valence-electron chi connectivity index (χ3n) is 3.19. The predicted octanol–water partition coefficient (Wildman–Crippen LogP) is 3.60. The van der Waals surface area contributed by atoms with E-state index in [4.69, 9.17) is 0 Å². The van der Waals surface area contributed by atoms with Gasteiger partial charge in [-0.25, -0.2) is 4.98 Å². The fraction of sp³-hybridized carbons (Fsp3) is 0.312. The average Bonchev–Trinajstić information content (AvgIpc) is 2.42. The molecule has 19 heavy (non-hydrogen) atoms. The van der Waals surface area contributed by atoms with Gasteiger partial charge in [-0.15, -0.1) is 0 Å². The second-order valence-corrected chi connectivity index (χ2v) is 4.70. The van der Waals surface area contributed by atoms with Crippen LogP contribution in [0, 0.1) is 6.92 Å². The van der Waals surface area contributed by atoms with Gasteiger partial charge < -0.3 is 10.0 Å². The molecule has 0 unspecified atom stereocenters. The molecule has 0 saturated heterocycles. The Kier molecular flexibility index (Phi) is 4.17. The first kappa shape index (κ1) is 13.6. The van der Waals surface area contributed by atoms with Gasteiger partial charge >= 0.3 is 0 Å². The number of aryl methyl sites for hydroxylation is 1. The van der Waals surface area contributed by atoms with Gasteiger partial charge in [0.05, 0.1) is 6.10 Å². The Bertz CT molecular complexity index is 535. The highest BCUT2D eigenvalue weighted by atomic mass is 16.3. The Hall–Kier alpha value is -1.87. The molecule has 1 N–H and O–H groups in total. The highest BCUT2D eigenvalue weighted by Crippen LogP contribution is 2.25. The molecular formula is C16H20N2O. The Balaban J connectivity index is 2.36. The molecule has 1 atom stereocenters. The third kappa shape index (κ3) is 3.12. The zero-order valence-corrected chi connectivity index (χ0v) is 11.7. The number of aliphatic hydroxyl groups is 1. The topological polar surface area (TPSA) is 36.4 Å². The lowest BCUT2D eigenvalue weighted by molar-refractivity contribution is 0.199. The molecule has 0 saturated carbocycles. The van der Waals surface area contributed by atoms with E-state index < -0.39 is 6.10 Å². The second kappa shape index (κ2) is 5.85. The van der Waals surface area contributed by atoms with Gasteiger partial charge in [-0.1, -0.05) is 17.7 Å². The van der Waals surface area contributed by atoms with Crippen LogP contribution < -0.4 is 4.90 Å². The summed E-state index contributed by atoms with van der Waals surface area (Å²) in [7, 11) is 0. The number of nitrogens with zero attached hydrogens (tertiary/aromatic N) is 2. The Morgan fingerprint density at radius 1 is 1.21 bits per heavy atom. The van der Waals surface area contributed by atoms with Crippen LogP contribution in [0.5, 0.6) is 0 Å². The van der Waals surface area contributed by atoms with E-state index in [2.05, 4.69) is 48.0 Å². The first-order chi connectivity index (χ1) is 9.11. The van der Waals surface area contributed by atoms with E-state index >= 15 is 0 Å². The van der Waals surface area contributed by atoms with E-state index in [0.717, 1.165) is 23.6 Å². The van der Waals surface area contributed by atoms with Crippen molar-refractivity contribution in [3.05, 3.63) is 53.7 Å². The average molecular weight is 256 g/mol. The zero-order chi connectivity index (χ0) is 13.8. The molecule has 1 heterocycles. The Labute approximate surface area is 114 Å². The predicted molar refractivity (Wildman–Crippen MR) is 78.7 cm³/mol. The minimum Gasteiger partial charge on any atom is -0.389 e. The first-order valence-electron chi connectivity index (χ1n) is 6.60. The number of aromatic nitrogens is 1. The molecule has 0 spiro atoms. The van der Waals surface area contributed by atoms with E-state index in [1.54, 1.807) is 13.1 Å². The maximum atomic E-state index is 9.66. The summed E-state index contributed by atoms with van der Waals surface area (Å²) in [6.45, 7) is 6.77. The smallest absolute Gasteiger partial charge is 0.133 e. The van der Waals surface area contributed by atoms with Gasteiger partial charge in [0.15, 0.2) is 0 Å². The second-order valence-electron chi connectivity index (χ2n) is 4.70. The molecule has 0 fully saturated rings. The first-order valence-corrected chi connectivity index (χ1v) is 6.60. The van der Waals surface area contributed by atoms with E-state index in [9.17, 15) is 5.11 Å². The monoisotopic (exact) mass is 256 g/mol. The summed E-state index contributed by atoms with van der Waals surface area (Å²) in [4.78, 5) is 6.54. The minimum absolute atomic E-state index is 0.474. The van der Waals surface area contributed by atoms with Crippen LogP contribution in [-0.2, 0) is 0 Å². The van der Waals surface area contributed by atoms with Crippen LogP contribution in [-0.4, -0.2) is 16.6 Å². The summed E-state index contributed by atoms with van der Waals surface area (Å²) < 4.78 is 0. The molecule has 3 heteroatoms. The molecule has 2 rings (SSSR count). The molecule has 1 aromatic heterocycles. The van der Waals surface area contributed by atoms with Crippen molar-refractivity contribution in [2.75, 3.05) is 11.4 Å². The minimum atomic E-state index is -0.474. The van der Waals surface area contributed by atoms with Crippen molar-refractivity contribution in [3.8, 4) is 0 Å². The van der Waals surface area contributed by atoms with Gasteiger partial charge in [-0.05, 0) is 50.6 Å². The van der Waals surface area contributed by atoms with E-state index in [-0.39, 0.29) is 0 Å². The number of hydrogen-bond acceptors (Lipinski definition) is 3. The molecule has 0 aliphatic rings. The molecule has 2 aromatic rings. The molecular weight excluding hydrogens is 236 g/mol. The number of anilines is 2. The highest BCUT2D eigenvalue weighted by Gasteiger charge is 2.10. The lowest BCUT2D eigenvalue weighted by Gasteiger charge is -2.23. The largest absolute Gasteiger partial charge is 0.389 e. The van der Waals surface area contributed by atoms with Crippen LogP contribution in [0.1, 0.15) is 31.1 Å². The SMILES string of the molecule is CCN(c1ccc(C)cc1)c1cc([C@H](C)O)ccn1. The standard InChI is InChI=1S/C16H20N2O/c1-4-18(15-7-5-12(2)6-8-15)16-11-14(13(3)19)9-10-17-16/h5-11,13,19H,4H2,1-3H3/t13-/m0/s1. The zero-order valence-electron chi connectivity index (χ0n) is 11.7. The summed E-state index contributed by atoms with van der Waals surface area (Å²) in [5.74, 6) is 0.866. The van der Waals surface area contributed by atoms with Crippen molar-refractivity contribution >= 4 is 11.5 Å². The van der Waals surface area contributed by atoms with Gasteiger partial charge in [0.2, 0.25) is 0 Å². The van der Waals surface area contributed by atoms with Crippen LogP contribution >= 0.6 is 0 Å². The normalized spacial score (nSPS) is 12.2. The molecule has 0 aliphatic carbocycles. The summed E-state index contributed by atoms with van der Waals surface area (Å²) >= 11 is 0. The van der Waals surface area contributed by atoms with E-state index in [0.29, 0.717) is 0 Å². The fourth-order valence-corrected chi connectivity index (χ4v) is 2.04. The summed E-state index contributed by atoms with van der Waals surface area (Å²) in [5, 5.41) is 9.66.